The normalized spacial score (nSPS) is 14.0. The van der Waals surface area contributed by atoms with Crippen molar-refractivity contribution in [1.29, 1.82) is 0 Å². The molecule has 0 radical (unpaired) electrons. The van der Waals surface area contributed by atoms with E-state index in [4.69, 9.17) is 9.47 Å². The van der Waals surface area contributed by atoms with Crippen LogP contribution in [0.15, 0.2) is 42.6 Å². The summed E-state index contributed by atoms with van der Waals surface area (Å²) in [7, 11) is 0. The zero-order valence-electron chi connectivity index (χ0n) is 12.4. The lowest BCUT2D eigenvalue weighted by Gasteiger charge is -2.12. The minimum absolute atomic E-state index is 0.183. The van der Waals surface area contributed by atoms with E-state index in [0.29, 0.717) is 22.9 Å². The molecule has 1 aromatic carbocycles. The molecule has 7 heteroatoms. The summed E-state index contributed by atoms with van der Waals surface area (Å²) in [5.74, 6) is 1.70. The van der Waals surface area contributed by atoms with Gasteiger partial charge in [0, 0.05) is 11.8 Å². The number of benzene rings is 1. The predicted molar refractivity (Wildman–Crippen MR) is 81.4 cm³/mol. The van der Waals surface area contributed by atoms with Crippen molar-refractivity contribution in [2.45, 2.75) is 13.0 Å². The number of aromatic nitrogens is 3. The second-order valence-electron chi connectivity index (χ2n) is 5.25. The molecule has 7 nitrogen and oxygen atoms in total. The van der Waals surface area contributed by atoms with Crippen LogP contribution in [-0.2, 0) is 0 Å². The Kier molecular flexibility index (Phi) is 3.11. The second-order valence-corrected chi connectivity index (χ2v) is 5.25. The number of hydrogen-bond donors (Lipinski definition) is 1. The maximum atomic E-state index is 12.4. The molecule has 1 atom stereocenters. The van der Waals surface area contributed by atoms with Crippen molar-refractivity contribution in [1.82, 2.24) is 19.9 Å². The average Bonchev–Trinajstić information content (AvgIpc) is 3.20. The van der Waals surface area contributed by atoms with E-state index in [0.717, 1.165) is 5.65 Å². The molecule has 2 aromatic heterocycles. The molecule has 1 aliphatic heterocycles. The quantitative estimate of drug-likeness (QED) is 0.800. The number of nitrogens with zero attached hydrogens (tertiary/aromatic N) is 3. The van der Waals surface area contributed by atoms with Crippen LogP contribution in [0.1, 0.15) is 29.1 Å². The summed E-state index contributed by atoms with van der Waals surface area (Å²) in [5.41, 5.74) is 1.25. The molecule has 23 heavy (non-hydrogen) atoms. The number of amides is 1. The molecule has 0 unspecified atom stereocenters. The molecule has 0 saturated carbocycles. The first kappa shape index (κ1) is 13.6. The van der Waals surface area contributed by atoms with E-state index >= 15 is 0 Å². The van der Waals surface area contributed by atoms with Crippen LogP contribution >= 0.6 is 0 Å². The topological polar surface area (TPSA) is 77.8 Å². The van der Waals surface area contributed by atoms with Gasteiger partial charge in [0.25, 0.3) is 5.91 Å². The van der Waals surface area contributed by atoms with Crippen LogP contribution in [0.4, 0.5) is 0 Å². The minimum Gasteiger partial charge on any atom is -0.454 e. The largest absolute Gasteiger partial charge is 0.454 e. The van der Waals surface area contributed by atoms with Crippen molar-refractivity contribution < 1.29 is 14.3 Å². The molecule has 116 valence electrons. The Morgan fingerprint density at radius 1 is 1.22 bits per heavy atom. The van der Waals surface area contributed by atoms with E-state index in [1.807, 2.05) is 35.7 Å². The zero-order chi connectivity index (χ0) is 15.8. The number of fused-ring (bicyclic) bond motifs is 2. The number of hydrogen-bond acceptors (Lipinski definition) is 5. The van der Waals surface area contributed by atoms with Crippen LogP contribution in [0.25, 0.3) is 5.65 Å². The van der Waals surface area contributed by atoms with Gasteiger partial charge in [0.1, 0.15) is 0 Å². The van der Waals surface area contributed by atoms with Gasteiger partial charge in [-0.2, -0.15) is 0 Å². The van der Waals surface area contributed by atoms with Gasteiger partial charge in [0.05, 0.1) is 6.04 Å². The third kappa shape index (κ3) is 2.36. The van der Waals surface area contributed by atoms with E-state index < -0.39 is 0 Å². The number of pyridine rings is 1. The van der Waals surface area contributed by atoms with Crippen LogP contribution in [0.3, 0.4) is 0 Å². The second kappa shape index (κ2) is 5.28. The van der Waals surface area contributed by atoms with Gasteiger partial charge >= 0.3 is 0 Å². The number of carbonyl (C=O) groups is 1. The first-order chi connectivity index (χ1) is 11.2. The highest BCUT2D eigenvalue weighted by Crippen LogP contribution is 2.32. The van der Waals surface area contributed by atoms with Crippen molar-refractivity contribution in [2.24, 2.45) is 0 Å². The van der Waals surface area contributed by atoms with Gasteiger partial charge in [-0.15, -0.1) is 10.2 Å². The van der Waals surface area contributed by atoms with Crippen LogP contribution in [0.5, 0.6) is 11.5 Å². The van der Waals surface area contributed by atoms with E-state index in [9.17, 15) is 4.79 Å². The van der Waals surface area contributed by atoms with E-state index in [-0.39, 0.29) is 18.7 Å². The summed E-state index contributed by atoms with van der Waals surface area (Å²) < 4.78 is 12.4. The molecular weight excluding hydrogens is 296 g/mol. The van der Waals surface area contributed by atoms with E-state index in [1.54, 1.807) is 18.2 Å². The number of rotatable bonds is 3. The molecule has 0 bridgehead atoms. The Labute approximate surface area is 131 Å². The van der Waals surface area contributed by atoms with Gasteiger partial charge in [-0.3, -0.25) is 9.20 Å². The first-order valence-electron chi connectivity index (χ1n) is 7.22. The van der Waals surface area contributed by atoms with Crippen molar-refractivity contribution in [2.75, 3.05) is 6.79 Å². The summed E-state index contributed by atoms with van der Waals surface area (Å²) in [4.78, 5) is 12.4. The van der Waals surface area contributed by atoms with Crippen LogP contribution in [0.2, 0.25) is 0 Å². The molecular formula is C16H14N4O3. The molecule has 1 N–H and O–H groups in total. The van der Waals surface area contributed by atoms with Gasteiger partial charge in [0.2, 0.25) is 6.79 Å². The Morgan fingerprint density at radius 2 is 2.09 bits per heavy atom. The van der Waals surface area contributed by atoms with Crippen molar-refractivity contribution in [3.63, 3.8) is 0 Å². The SMILES string of the molecule is C[C@@H](NC(=O)c1ccc2c(c1)OCO2)c1nnc2ccccn12. The highest BCUT2D eigenvalue weighted by Gasteiger charge is 2.19. The lowest BCUT2D eigenvalue weighted by atomic mass is 10.1. The molecule has 0 fully saturated rings. The zero-order valence-corrected chi connectivity index (χ0v) is 12.4. The Balaban J connectivity index is 1.56. The van der Waals surface area contributed by atoms with Gasteiger partial charge in [0.15, 0.2) is 23.0 Å². The lowest BCUT2D eigenvalue weighted by molar-refractivity contribution is 0.0937. The maximum absolute atomic E-state index is 12.4. The Bertz CT molecular complexity index is 890. The Morgan fingerprint density at radius 3 is 3.00 bits per heavy atom. The molecule has 1 aliphatic rings. The summed E-state index contributed by atoms with van der Waals surface area (Å²) in [6.45, 7) is 2.05. The summed E-state index contributed by atoms with van der Waals surface area (Å²) in [5, 5.41) is 11.2. The maximum Gasteiger partial charge on any atom is 0.252 e. The highest BCUT2D eigenvalue weighted by molar-refractivity contribution is 5.95. The fraction of sp³-hybridized carbons (Fsp3) is 0.188. The lowest BCUT2D eigenvalue weighted by Crippen LogP contribution is -2.28. The van der Waals surface area contributed by atoms with Crippen molar-refractivity contribution in [3.05, 3.63) is 54.0 Å². The average molecular weight is 310 g/mol. The predicted octanol–water partition coefficient (Wildman–Crippen LogP) is 1.95. The highest BCUT2D eigenvalue weighted by atomic mass is 16.7. The Hall–Kier alpha value is -3.09. The summed E-state index contributed by atoms with van der Waals surface area (Å²) in [6, 6.07) is 10.5. The number of carbonyl (C=O) groups excluding carboxylic acids is 1. The number of nitrogens with one attached hydrogen (secondary N) is 1. The van der Waals surface area contributed by atoms with Gasteiger partial charge < -0.3 is 14.8 Å². The number of ether oxygens (including phenoxy) is 2. The van der Waals surface area contributed by atoms with Crippen LogP contribution in [-0.4, -0.2) is 27.3 Å². The van der Waals surface area contributed by atoms with Crippen molar-refractivity contribution >= 4 is 11.6 Å². The molecule has 0 spiro atoms. The molecule has 4 rings (SSSR count). The van der Waals surface area contributed by atoms with Crippen molar-refractivity contribution in [3.8, 4) is 11.5 Å². The minimum atomic E-state index is -0.287. The molecule has 3 heterocycles. The first-order valence-corrected chi connectivity index (χ1v) is 7.22. The summed E-state index contributed by atoms with van der Waals surface area (Å²) >= 11 is 0. The molecule has 0 saturated heterocycles. The van der Waals surface area contributed by atoms with Gasteiger partial charge in [-0.1, -0.05) is 6.07 Å². The van der Waals surface area contributed by atoms with Crippen LogP contribution in [0, 0.1) is 0 Å². The molecule has 1 amide bonds. The smallest absolute Gasteiger partial charge is 0.252 e. The third-order valence-electron chi connectivity index (χ3n) is 3.71. The fourth-order valence-electron chi connectivity index (χ4n) is 2.54. The summed E-state index contributed by atoms with van der Waals surface area (Å²) in [6.07, 6.45) is 1.87. The fourth-order valence-corrected chi connectivity index (χ4v) is 2.54. The third-order valence-corrected chi connectivity index (χ3v) is 3.71. The van der Waals surface area contributed by atoms with E-state index in [2.05, 4.69) is 15.5 Å². The van der Waals surface area contributed by atoms with Crippen LogP contribution < -0.4 is 14.8 Å². The monoisotopic (exact) mass is 310 g/mol. The van der Waals surface area contributed by atoms with Gasteiger partial charge in [-0.05, 0) is 37.3 Å². The standard InChI is InChI=1S/C16H14N4O3/c1-10(15-19-18-14-4-2-3-7-20(14)15)17-16(21)11-5-6-12-13(8-11)23-9-22-12/h2-8,10H,9H2,1H3,(H,17,21)/t10-/m1/s1. The molecule has 0 aliphatic carbocycles. The molecule has 3 aromatic rings. The van der Waals surface area contributed by atoms with Gasteiger partial charge in [-0.25, -0.2) is 0 Å². The van der Waals surface area contributed by atoms with E-state index in [1.165, 1.54) is 0 Å².